The summed E-state index contributed by atoms with van der Waals surface area (Å²) in [5.74, 6) is 1.22. The maximum Gasteiger partial charge on any atom is 0.209 e. The second-order valence-corrected chi connectivity index (χ2v) is 2.98. The smallest absolute Gasteiger partial charge is 0.209 e. The van der Waals surface area contributed by atoms with Crippen LogP contribution in [0.25, 0.3) is 0 Å². The number of hydrogen-bond acceptors (Lipinski definition) is 3. The molecule has 3 atom stereocenters. The number of fused-ring (bicyclic) bond motifs is 1. The van der Waals surface area contributed by atoms with E-state index in [2.05, 4.69) is 0 Å². The summed E-state index contributed by atoms with van der Waals surface area (Å²) in [5.41, 5.74) is 0. The molecule has 3 heterocycles. The lowest BCUT2D eigenvalue weighted by Crippen LogP contribution is -2.39. The van der Waals surface area contributed by atoms with Gasteiger partial charge in [0.1, 0.15) is 11.9 Å². The molecule has 0 radical (unpaired) electrons. The normalized spacial score (nSPS) is 37.2. The summed E-state index contributed by atoms with van der Waals surface area (Å²) in [4.78, 5) is 0. The van der Waals surface area contributed by atoms with Crippen molar-refractivity contribution in [1.29, 1.82) is 0 Å². The fraction of sp³-hybridized carbons (Fsp3) is 0.333. The third kappa shape index (κ3) is 0.689. The van der Waals surface area contributed by atoms with Crippen molar-refractivity contribution in [3.05, 3.63) is 36.5 Å². The molecule has 0 aromatic carbocycles. The molecule has 0 N–H and O–H groups in total. The Bertz CT molecular complexity index is 302. The standard InChI is InChI=1S/C9H8O3/c1-2-7(10-4-1)8-6-3-5-11-9(6)12-8/h1-6,8-9H. The average Bonchev–Trinajstić information content (AvgIpc) is 2.62. The minimum atomic E-state index is -0.0694. The van der Waals surface area contributed by atoms with Crippen molar-refractivity contribution in [2.24, 2.45) is 5.92 Å². The predicted molar refractivity (Wildman–Crippen MR) is 40.0 cm³/mol. The molecule has 3 unspecified atom stereocenters. The van der Waals surface area contributed by atoms with Gasteiger partial charge < -0.3 is 13.9 Å². The summed E-state index contributed by atoms with van der Waals surface area (Å²) in [6.07, 6.45) is 5.36. The fourth-order valence-corrected chi connectivity index (χ4v) is 1.62. The highest BCUT2D eigenvalue weighted by atomic mass is 16.7. The Morgan fingerprint density at radius 1 is 1.33 bits per heavy atom. The highest BCUT2D eigenvalue weighted by Gasteiger charge is 2.47. The van der Waals surface area contributed by atoms with Crippen molar-refractivity contribution in [2.75, 3.05) is 0 Å². The van der Waals surface area contributed by atoms with Gasteiger partial charge in [0.25, 0.3) is 0 Å². The second kappa shape index (κ2) is 2.14. The largest absolute Gasteiger partial charge is 0.472 e. The van der Waals surface area contributed by atoms with E-state index in [-0.39, 0.29) is 12.4 Å². The Hall–Kier alpha value is -1.22. The highest BCUT2D eigenvalue weighted by molar-refractivity contribution is 5.13. The molecule has 0 saturated carbocycles. The van der Waals surface area contributed by atoms with E-state index in [0.717, 1.165) is 5.76 Å². The Morgan fingerprint density at radius 2 is 2.33 bits per heavy atom. The lowest BCUT2D eigenvalue weighted by molar-refractivity contribution is -0.262. The van der Waals surface area contributed by atoms with E-state index in [1.54, 1.807) is 12.5 Å². The van der Waals surface area contributed by atoms with E-state index in [1.165, 1.54) is 0 Å². The molecule has 0 spiro atoms. The van der Waals surface area contributed by atoms with Crippen LogP contribution in [0.1, 0.15) is 11.9 Å². The first-order valence-electron chi connectivity index (χ1n) is 3.96. The molecule has 62 valence electrons. The number of ether oxygens (including phenoxy) is 2. The Balaban J connectivity index is 1.85. The topological polar surface area (TPSA) is 31.6 Å². The third-order valence-corrected chi connectivity index (χ3v) is 2.28. The van der Waals surface area contributed by atoms with Gasteiger partial charge in [-0.3, -0.25) is 0 Å². The Morgan fingerprint density at radius 3 is 3.08 bits per heavy atom. The Kier molecular flexibility index (Phi) is 1.12. The van der Waals surface area contributed by atoms with Crippen molar-refractivity contribution >= 4 is 0 Å². The summed E-state index contributed by atoms with van der Waals surface area (Å²) < 4.78 is 15.8. The van der Waals surface area contributed by atoms with Crippen LogP contribution in [0.3, 0.4) is 0 Å². The average molecular weight is 164 g/mol. The zero-order valence-electron chi connectivity index (χ0n) is 6.34. The summed E-state index contributed by atoms with van der Waals surface area (Å²) >= 11 is 0. The molecule has 12 heavy (non-hydrogen) atoms. The summed E-state index contributed by atoms with van der Waals surface area (Å²) in [5, 5.41) is 0. The van der Waals surface area contributed by atoms with Gasteiger partial charge in [0.2, 0.25) is 6.29 Å². The van der Waals surface area contributed by atoms with Gasteiger partial charge in [0.05, 0.1) is 18.4 Å². The summed E-state index contributed by atoms with van der Waals surface area (Å²) in [6.45, 7) is 0. The molecule has 3 rings (SSSR count). The van der Waals surface area contributed by atoms with Crippen LogP contribution >= 0.6 is 0 Å². The molecule has 2 aliphatic rings. The van der Waals surface area contributed by atoms with E-state index in [4.69, 9.17) is 13.9 Å². The SMILES string of the molecule is C1=CC2C(O1)OC2c1ccco1. The molecule has 1 aromatic rings. The van der Waals surface area contributed by atoms with Gasteiger partial charge in [-0.1, -0.05) is 0 Å². The van der Waals surface area contributed by atoms with Crippen LogP contribution in [0.4, 0.5) is 0 Å². The van der Waals surface area contributed by atoms with Gasteiger partial charge >= 0.3 is 0 Å². The van der Waals surface area contributed by atoms with Crippen LogP contribution in [-0.4, -0.2) is 6.29 Å². The molecular formula is C9H8O3. The molecule has 0 aliphatic carbocycles. The third-order valence-electron chi connectivity index (χ3n) is 2.28. The van der Waals surface area contributed by atoms with Crippen molar-refractivity contribution < 1.29 is 13.9 Å². The molecule has 2 aliphatic heterocycles. The lowest BCUT2D eigenvalue weighted by Gasteiger charge is -2.36. The minimum absolute atomic E-state index is 0.0590. The van der Waals surface area contributed by atoms with Gasteiger partial charge in [0.15, 0.2) is 0 Å². The van der Waals surface area contributed by atoms with Gasteiger partial charge in [-0.2, -0.15) is 0 Å². The van der Waals surface area contributed by atoms with Gasteiger partial charge in [-0.15, -0.1) is 0 Å². The van der Waals surface area contributed by atoms with Crippen LogP contribution in [0.2, 0.25) is 0 Å². The number of furan rings is 1. The molecule has 1 aromatic heterocycles. The first-order chi connectivity index (χ1) is 5.95. The van der Waals surface area contributed by atoms with E-state index >= 15 is 0 Å². The molecule has 0 bridgehead atoms. The first-order valence-corrected chi connectivity index (χ1v) is 3.96. The van der Waals surface area contributed by atoms with Crippen molar-refractivity contribution in [3.8, 4) is 0 Å². The number of hydrogen-bond donors (Lipinski definition) is 0. The molecule has 0 amide bonds. The van der Waals surface area contributed by atoms with Crippen molar-refractivity contribution in [2.45, 2.75) is 12.4 Å². The summed E-state index contributed by atoms with van der Waals surface area (Å²) in [7, 11) is 0. The highest BCUT2D eigenvalue weighted by Crippen LogP contribution is 2.45. The van der Waals surface area contributed by atoms with Crippen molar-refractivity contribution in [3.63, 3.8) is 0 Å². The lowest BCUT2D eigenvalue weighted by atomic mass is 9.95. The quantitative estimate of drug-likeness (QED) is 0.634. The predicted octanol–water partition coefficient (Wildman–Crippen LogP) is 1.84. The number of rotatable bonds is 1. The van der Waals surface area contributed by atoms with Gasteiger partial charge in [0, 0.05) is 0 Å². The Labute approximate surface area is 69.6 Å². The van der Waals surface area contributed by atoms with Crippen LogP contribution in [0.15, 0.2) is 35.2 Å². The van der Waals surface area contributed by atoms with Gasteiger partial charge in [-0.05, 0) is 18.2 Å². The van der Waals surface area contributed by atoms with Crippen molar-refractivity contribution in [1.82, 2.24) is 0 Å². The zero-order valence-corrected chi connectivity index (χ0v) is 6.34. The van der Waals surface area contributed by atoms with E-state index < -0.39 is 0 Å². The molecule has 3 heteroatoms. The van der Waals surface area contributed by atoms with E-state index in [9.17, 15) is 0 Å². The zero-order chi connectivity index (χ0) is 7.97. The van der Waals surface area contributed by atoms with Crippen LogP contribution < -0.4 is 0 Å². The fourth-order valence-electron chi connectivity index (χ4n) is 1.62. The first kappa shape index (κ1) is 6.31. The minimum Gasteiger partial charge on any atom is -0.472 e. The molecule has 1 saturated heterocycles. The maximum absolute atomic E-state index is 5.43. The van der Waals surface area contributed by atoms with E-state index in [0.29, 0.717) is 5.92 Å². The summed E-state index contributed by atoms with van der Waals surface area (Å²) in [6, 6.07) is 3.79. The second-order valence-electron chi connectivity index (χ2n) is 2.98. The van der Waals surface area contributed by atoms with E-state index in [1.807, 2.05) is 18.2 Å². The maximum atomic E-state index is 5.43. The van der Waals surface area contributed by atoms with Gasteiger partial charge in [-0.25, -0.2) is 0 Å². The monoisotopic (exact) mass is 164 g/mol. The molecule has 1 fully saturated rings. The molecular weight excluding hydrogens is 156 g/mol. The van der Waals surface area contributed by atoms with Crippen LogP contribution in [0, 0.1) is 5.92 Å². The van der Waals surface area contributed by atoms with Crippen LogP contribution in [-0.2, 0) is 9.47 Å². The molecule has 3 nitrogen and oxygen atoms in total. The van der Waals surface area contributed by atoms with Crippen LogP contribution in [0.5, 0.6) is 0 Å².